The van der Waals surface area contributed by atoms with Crippen molar-refractivity contribution in [3.63, 3.8) is 0 Å². The first-order valence-corrected chi connectivity index (χ1v) is 6.68. The first-order chi connectivity index (χ1) is 9.38. The van der Waals surface area contributed by atoms with E-state index in [2.05, 4.69) is 19.2 Å². The van der Waals surface area contributed by atoms with Crippen LogP contribution in [0.25, 0.3) is 6.08 Å². The largest absolute Gasteiger partial charge is 0.478 e. The van der Waals surface area contributed by atoms with Gasteiger partial charge in [-0.15, -0.1) is 0 Å². The Morgan fingerprint density at radius 2 is 1.95 bits per heavy atom. The van der Waals surface area contributed by atoms with E-state index in [9.17, 15) is 9.59 Å². The van der Waals surface area contributed by atoms with Crippen LogP contribution in [0.3, 0.4) is 0 Å². The molecule has 1 fully saturated rings. The Kier molecular flexibility index (Phi) is 3.93. The van der Waals surface area contributed by atoms with E-state index in [0.717, 1.165) is 18.1 Å². The van der Waals surface area contributed by atoms with Gasteiger partial charge in [-0.1, -0.05) is 26.0 Å². The molecule has 0 aliphatic heterocycles. The molecule has 0 aromatic heterocycles. The van der Waals surface area contributed by atoms with Crippen LogP contribution in [-0.2, 0) is 4.79 Å². The van der Waals surface area contributed by atoms with E-state index in [1.54, 1.807) is 24.3 Å². The number of amides is 1. The lowest BCUT2D eigenvalue weighted by atomic mass is 10.1. The molecule has 2 N–H and O–H groups in total. The van der Waals surface area contributed by atoms with Crippen LogP contribution in [0.2, 0.25) is 0 Å². The zero-order valence-electron chi connectivity index (χ0n) is 11.7. The van der Waals surface area contributed by atoms with Crippen molar-refractivity contribution in [2.75, 3.05) is 6.54 Å². The molecule has 0 radical (unpaired) electrons. The van der Waals surface area contributed by atoms with Gasteiger partial charge in [-0.2, -0.15) is 0 Å². The monoisotopic (exact) mass is 273 g/mol. The lowest BCUT2D eigenvalue weighted by molar-refractivity contribution is -0.131. The Balaban J connectivity index is 1.89. The number of carboxylic acid groups (broad SMARTS) is 1. The number of hydrogen-bond acceptors (Lipinski definition) is 2. The molecular weight excluding hydrogens is 254 g/mol. The first-order valence-electron chi connectivity index (χ1n) is 6.68. The predicted octanol–water partition coefficient (Wildman–Crippen LogP) is 2.56. The van der Waals surface area contributed by atoms with Gasteiger partial charge in [-0.3, -0.25) is 4.79 Å². The number of nitrogens with one attached hydrogen (secondary N) is 1. The van der Waals surface area contributed by atoms with Crippen LogP contribution < -0.4 is 5.32 Å². The van der Waals surface area contributed by atoms with Gasteiger partial charge in [0.1, 0.15) is 0 Å². The molecule has 0 heterocycles. The topological polar surface area (TPSA) is 66.4 Å². The summed E-state index contributed by atoms with van der Waals surface area (Å²) in [5.41, 5.74) is 1.71. The highest BCUT2D eigenvalue weighted by Gasteiger charge is 2.45. The molecular formula is C16H19NO3. The van der Waals surface area contributed by atoms with Crippen LogP contribution in [0, 0.1) is 11.3 Å². The second-order valence-corrected chi connectivity index (χ2v) is 5.89. The highest BCUT2D eigenvalue weighted by atomic mass is 16.4. The number of benzene rings is 1. The Labute approximate surface area is 118 Å². The summed E-state index contributed by atoms with van der Waals surface area (Å²) in [4.78, 5) is 22.3. The molecule has 1 unspecified atom stereocenters. The second kappa shape index (κ2) is 5.49. The van der Waals surface area contributed by atoms with Crippen molar-refractivity contribution in [2.45, 2.75) is 20.3 Å². The molecule has 1 atom stereocenters. The van der Waals surface area contributed by atoms with Gasteiger partial charge in [0.05, 0.1) is 0 Å². The zero-order valence-corrected chi connectivity index (χ0v) is 11.7. The van der Waals surface area contributed by atoms with Crippen LogP contribution in [0.1, 0.15) is 36.2 Å². The first kappa shape index (κ1) is 14.3. The quantitative estimate of drug-likeness (QED) is 0.810. The smallest absolute Gasteiger partial charge is 0.328 e. The molecule has 2 rings (SSSR count). The van der Waals surface area contributed by atoms with Crippen LogP contribution >= 0.6 is 0 Å². The normalized spacial score (nSPS) is 19.8. The minimum atomic E-state index is -0.987. The SMILES string of the molecule is CC1(C)CC1CNC(=O)c1ccc(/C=C/C(=O)O)cc1. The molecule has 0 spiro atoms. The molecule has 1 aromatic rings. The van der Waals surface area contributed by atoms with Gasteiger partial charge < -0.3 is 10.4 Å². The van der Waals surface area contributed by atoms with Gasteiger partial charge in [-0.25, -0.2) is 4.79 Å². The Morgan fingerprint density at radius 3 is 2.45 bits per heavy atom. The standard InChI is InChI=1S/C16H19NO3/c1-16(2)9-13(16)10-17-15(20)12-6-3-11(4-7-12)5-8-14(18)19/h3-8,13H,9-10H2,1-2H3,(H,17,20)(H,18,19)/b8-5+. The van der Waals surface area contributed by atoms with E-state index >= 15 is 0 Å². The van der Waals surface area contributed by atoms with E-state index < -0.39 is 5.97 Å². The fourth-order valence-corrected chi connectivity index (χ4v) is 2.16. The molecule has 0 bridgehead atoms. The van der Waals surface area contributed by atoms with Crippen LogP contribution in [0.5, 0.6) is 0 Å². The highest BCUT2D eigenvalue weighted by molar-refractivity contribution is 5.94. The third-order valence-corrected chi connectivity index (χ3v) is 3.82. The van der Waals surface area contributed by atoms with E-state index in [4.69, 9.17) is 5.11 Å². The van der Waals surface area contributed by atoms with Crippen LogP contribution in [-0.4, -0.2) is 23.5 Å². The number of carbonyl (C=O) groups excluding carboxylic acids is 1. The molecule has 0 saturated heterocycles. The lowest BCUT2D eigenvalue weighted by Gasteiger charge is -2.06. The second-order valence-electron chi connectivity index (χ2n) is 5.89. The molecule has 106 valence electrons. The molecule has 1 saturated carbocycles. The van der Waals surface area contributed by atoms with Gasteiger partial charge in [0.2, 0.25) is 0 Å². The number of carboxylic acids is 1. The van der Waals surface area contributed by atoms with Crippen LogP contribution in [0.4, 0.5) is 0 Å². The third kappa shape index (κ3) is 3.70. The Bertz CT molecular complexity index is 543. The summed E-state index contributed by atoms with van der Waals surface area (Å²) >= 11 is 0. The minimum Gasteiger partial charge on any atom is -0.478 e. The lowest BCUT2D eigenvalue weighted by Crippen LogP contribution is -2.26. The summed E-state index contributed by atoms with van der Waals surface area (Å²) in [6.07, 6.45) is 3.73. The van der Waals surface area contributed by atoms with Gasteiger partial charge in [-0.05, 0) is 41.5 Å². The van der Waals surface area contributed by atoms with E-state index in [0.29, 0.717) is 23.4 Å². The summed E-state index contributed by atoms with van der Waals surface area (Å²) in [5.74, 6) is -0.496. The maximum absolute atomic E-state index is 11.9. The van der Waals surface area contributed by atoms with Crippen molar-refractivity contribution in [1.82, 2.24) is 5.32 Å². The molecule has 1 aromatic carbocycles. The minimum absolute atomic E-state index is 0.0820. The van der Waals surface area contributed by atoms with Crippen molar-refractivity contribution in [2.24, 2.45) is 11.3 Å². The summed E-state index contributed by atoms with van der Waals surface area (Å²) in [5, 5.41) is 11.5. The van der Waals surface area contributed by atoms with Gasteiger partial charge in [0.15, 0.2) is 0 Å². The predicted molar refractivity (Wildman–Crippen MR) is 77.3 cm³/mol. The average Bonchev–Trinajstić information content (AvgIpc) is 3.02. The molecule has 4 nitrogen and oxygen atoms in total. The van der Waals surface area contributed by atoms with Crippen molar-refractivity contribution < 1.29 is 14.7 Å². The van der Waals surface area contributed by atoms with Crippen molar-refractivity contribution in [3.05, 3.63) is 41.5 Å². The number of carbonyl (C=O) groups is 2. The highest BCUT2D eigenvalue weighted by Crippen LogP contribution is 2.50. The number of hydrogen-bond donors (Lipinski definition) is 2. The molecule has 1 aliphatic rings. The fraction of sp³-hybridized carbons (Fsp3) is 0.375. The van der Waals surface area contributed by atoms with Gasteiger partial charge in [0.25, 0.3) is 5.91 Å². The molecule has 1 amide bonds. The van der Waals surface area contributed by atoms with Crippen molar-refractivity contribution in [3.8, 4) is 0 Å². The van der Waals surface area contributed by atoms with Gasteiger partial charge in [0, 0.05) is 18.2 Å². The molecule has 4 heteroatoms. The summed E-state index contributed by atoms with van der Waals surface area (Å²) in [6, 6.07) is 6.87. The Hall–Kier alpha value is -2.10. The van der Waals surface area contributed by atoms with Crippen molar-refractivity contribution in [1.29, 1.82) is 0 Å². The van der Waals surface area contributed by atoms with E-state index in [1.807, 2.05) is 0 Å². The molecule has 1 aliphatic carbocycles. The fourth-order valence-electron chi connectivity index (χ4n) is 2.16. The van der Waals surface area contributed by atoms with Gasteiger partial charge >= 0.3 is 5.97 Å². The summed E-state index contributed by atoms with van der Waals surface area (Å²) < 4.78 is 0. The third-order valence-electron chi connectivity index (χ3n) is 3.82. The van der Waals surface area contributed by atoms with Crippen LogP contribution in [0.15, 0.2) is 30.3 Å². The number of rotatable bonds is 5. The maximum atomic E-state index is 11.9. The van der Waals surface area contributed by atoms with Crippen molar-refractivity contribution >= 4 is 18.0 Å². The zero-order chi connectivity index (χ0) is 14.8. The van der Waals surface area contributed by atoms with E-state index in [1.165, 1.54) is 6.08 Å². The Morgan fingerprint density at radius 1 is 1.35 bits per heavy atom. The summed E-state index contributed by atoms with van der Waals surface area (Å²) in [6.45, 7) is 5.12. The summed E-state index contributed by atoms with van der Waals surface area (Å²) in [7, 11) is 0. The average molecular weight is 273 g/mol. The maximum Gasteiger partial charge on any atom is 0.328 e. The van der Waals surface area contributed by atoms with E-state index in [-0.39, 0.29) is 5.91 Å². The number of aliphatic carboxylic acids is 1. The molecule has 20 heavy (non-hydrogen) atoms.